The van der Waals surface area contributed by atoms with E-state index < -0.39 is 0 Å². The summed E-state index contributed by atoms with van der Waals surface area (Å²) in [6.07, 6.45) is 1.60. The molecule has 2 heterocycles. The van der Waals surface area contributed by atoms with Crippen molar-refractivity contribution in [2.24, 2.45) is 0 Å². The summed E-state index contributed by atoms with van der Waals surface area (Å²) in [6.45, 7) is 9.71. The van der Waals surface area contributed by atoms with Crippen molar-refractivity contribution in [3.63, 3.8) is 0 Å². The molecule has 1 aliphatic heterocycles. The molecular formula is C22H22N4O2. The Morgan fingerprint density at radius 2 is 1.79 bits per heavy atom. The molecule has 0 spiro atoms. The Kier molecular flexibility index (Phi) is 4.69. The van der Waals surface area contributed by atoms with Crippen LogP contribution in [0.2, 0.25) is 0 Å². The van der Waals surface area contributed by atoms with Crippen LogP contribution in [-0.2, 0) is 0 Å². The van der Waals surface area contributed by atoms with E-state index in [1.54, 1.807) is 12.3 Å². The zero-order chi connectivity index (χ0) is 19.7. The molecule has 142 valence electrons. The maximum Gasteiger partial charge on any atom is 0.295 e. The van der Waals surface area contributed by atoms with Gasteiger partial charge in [-0.05, 0) is 30.7 Å². The molecule has 1 aliphatic rings. The van der Waals surface area contributed by atoms with Crippen molar-refractivity contribution < 1.29 is 4.92 Å². The zero-order valence-electron chi connectivity index (χ0n) is 15.8. The number of anilines is 1. The standard InChI is InChI=1S/C22H22N4O2/c1-16-5-7-18(8-6-16)17(2)24-12-14-25(15-13-24)20-9-10-21(26(27)28)22-19(20)4-3-11-23-22/h3-11H,2,12-15H2,1H3. The molecule has 0 unspecified atom stereocenters. The number of benzene rings is 2. The van der Waals surface area contributed by atoms with Crippen molar-refractivity contribution in [2.45, 2.75) is 6.92 Å². The number of rotatable bonds is 4. The number of hydrogen-bond donors (Lipinski definition) is 0. The third kappa shape index (κ3) is 3.29. The smallest absolute Gasteiger partial charge is 0.295 e. The number of nitro groups is 1. The molecule has 0 atom stereocenters. The quantitative estimate of drug-likeness (QED) is 0.505. The maximum atomic E-state index is 11.3. The highest BCUT2D eigenvalue weighted by Gasteiger charge is 2.23. The molecule has 4 rings (SSSR count). The van der Waals surface area contributed by atoms with Crippen LogP contribution in [0.1, 0.15) is 11.1 Å². The topological polar surface area (TPSA) is 62.5 Å². The van der Waals surface area contributed by atoms with Gasteiger partial charge in [-0.2, -0.15) is 0 Å². The third-order valence-electron chi connectivity index (χ3n) is 5.31. The summed E-state index contributed by atoms with van der Waals surface area (Å²) < 4.78 is 0. The Balaban J connectivity index is 1.54. The van der Waals surface area contributed by atoms with Gasteiger partial charge in [-0.1, -0.05) is 36.4 Å². The van der Waals surface area contributed by atoms with E-state index in [1.165, 1.54) is 5.56 Å². The lowest BCUT2D eigenvalue weighted by molar-refractivity contribution is -0.383. The van der Waals surface area contributed by atoms with E-state index >= 15 is 0 Å². The second kappa shape index (κ2) is 7.31. The number of nitro benzene ring substituents is 1. The highest BCUT2D eigenvalue weighted by molar-refractivity contribution is 5.97. The molecule has 0 amide bonds. The van der Waals surface area contributed by atoms with E-state index in [0.717, 1.165) is 48.5 Å². The first-order chi connectivity index (χ1) is 13.5. The minimum absolute atomic E-state index is 0.0470. The molecule has 6 heteroatoms. The van der Waals surface area contributed by atoms with Crippen molar-refractivity contribution in [1.82, 2.24) is 9.88 Å². The van der Waals surface area contributed by atoms with Crippen LogP contribution < -0.4 is 4.90 Å². The SMILES string of the molecule is C=C(c1ccc(C)cc1)N1CCN(c2ccc([N+](=O)[O-])c3ncccc23)CC1. The van der Waals surface area contributed by atoms with Gasteiger partial charge in [0, 0.05) is 55.2 Å². The Labute approximate surface area is 163 Å². The van der Waals surface area contributed by atoms with Gasteiger partial charge in [0.05, 0.1) is 4.92 Å². The lowest BCUT2D eigenvalue weighted by atomic mass is 10.1. The van der Waals surface area contributed by atoms with E-state index in [2.05, 4.69) is 52.6 Å². The number of aryl methyl sites for hydroxylation is 1. The van der Waals surface area contributed by atoms with Gasteiger partial charge in [-0.25, -0.2) is 4.98 Å². The first-order valence-electron chi connectivity index (χ1n) is 9.32. The molecule has 0 aliphatic carbocycles. The molecule has 1 fully saturated rings. The van der Waals surface area contributed by atoms with Crippen molar-refractivity contribution in [3.05, 3.63) is 82.5 Å². The average molecular weight is 374 g/mol. The monoisotopic (exact) mass is 374 g/mol. The van der Waals surface area contributed by atoms with E-state index in [0.29, 0.717) is 5.52 Å². The fourth-order valence-electron chi connectivity index (χ4n) is 3.71. The number of fused-ring (bicyclic) bond motifs is 1. The Morgan fingerprint density at radius 1 is 1.07 bits per heavy atom. The molecule has 0 saturated carbocycles. The van der Waals surface area contributed by atoms with Gasteiger partial charge in [-0.3, -0.25) is 10.1 Å². The van der Waals surface area contributed by atoms with Crippen LogP contribution in [0.25, 0.3) is 16.6 Å². The van der Waals surface area contributed by atoms with Crippen LogP contribution in [0.4, 0.5) is 11.4 Å². The predicted octanol–water partition coefficient (Wildman–Crippen LogP) is 4.24. The average Bonchev–Trinajstić information content (AvgIpc) is 2.73. The second-order valence-electron chi connectivity index (χ2n) is 7.05. The third-order valence-corrected chi connectivity index (χ3v) is 5.31. The Hall–Kier alpha value is -3.41. The highest BCUT2D eigenvalue weighted by atomic mass is 16.6. The van der Waals surface area contributed by atoms with Crippen LogP contribution in [0.3, 0.4) is 0 Å². The van der Waals surface area contributed by atoms with E-state index in [-0.39, 0.29) is 10.6 Å². The van der Waals surface area contributed by atoms with E-state index in [1.807, 2.05) is 18.2 Å². The zero-order valence-corrected chi connectivity index (χ0v) is 15.8. The van der Waals surface area contributed by atoms with Gasteiger partial charge in [0.2, 0.25) is 0 Å². The summed E-state index contributed by atoms with van der Waals surface area (Å²) in [7, 11) is 0. The van der Waals surface area contributed by atoms with Crippen LogP contribution >= 0.6 is 0 Å². The summed E-state index contributed by atoms with van der Waals surface area (Å²) >= 11 is 0. The Morgan fingerprint density at radius 3 is 2.46 bits per heavy atom. The van der Waals surface area contributed by atoms with Crippen molar-refractivity contribution >= 4 is 28.0 Å². The Bertz CT molecular complexity index is 1040. The highest BCUT2D eigenvalue weighted by Crippen LogP contribution is 2.33. The minimum Gasteiger partial charge on any atom is -0.368 e. The van der Waals surface area contributed by atoms with Gasteiger partial charge in [-0.15, -0.1) is 0 Å². The summed E-state index contributed by atoms with van der Waals surface area (Å²) in [5.41, 5.74) is 4.90. The summed E-state index contributed by atoms with van der Waals surface area (Å²) in [4.78, 5) is 19.8. The van der Waals surface area contributed by atoms with Crippen molar-refractivity contribution in [3.8, 4) is 0 Å². The molecule has 3 aromatic rings. The first kappa shape index (κ1) is 18.0. The molecule has 1 aromatic heterocycles. The van der Waals surface area contributed by atoms with Gasteiger partial charge < -0.3 is 9.80 Å². The van der Waals surface area contributed by atoms with E-state index in [9.17, 15) is 10.1 Å². The molecule has 0 bridgehead atoms. The van der Waals surface area contributed by atoms with Crippen LogP contribution in [0.15, 0.2) is 61.3 Å². The number of nitrogens with zero attached hydrogens (tertiary/aromatic N) is 4. The van der Waals surface area contributed by atoms with Gasteiger partial charge in [0.15, 0.2) is 0 Å². The number of hydrogen-bond acceptors (Lipinski definition) is 5. The number of aromatic nitrogens is 1. The van der Waals surface area contributed by atoms with Crippen LogP contribution in [0.5, 0.6) is 0 Å². The van der Waals surface area contributed by atoms with Crippen LogP contribution in [0, 0.1) is 17.0 Å². The second-order valence-corrected chi connectivity index (χ2v) is 7.05. The number of pyridine rings is 1. The molecule has 2 aromatic carbocycles. The summed E-state index contributed by atoms with van der Waals surface area (Å²) in [5.74, 6) is 0. The number of non-ortho nitro benzene ring substituents is 1. The van der Waals surface area contributed by atoms with Crippen molar-refractivity contribution in [2.75, 3.05) is 31.1 Å². The molecular weight excluding hydrogens is 352 g/mol. The maximum absolute atomic E-state index is 11.3. The number of piperazine rings is 1. The minimum atomic E-state index is -0.372. The lowest BCUT2D eigenvalue weighted by Gasteiger charge is -2.38. The summed E-state index contributed by atoms with van der Waals surface area (Å²) in [5, 5.41) is 12.1. The fourth-order valence-corrected chi connectivity index (χ4v) is 3.71. The summed E-state index contributed by atoms with van der Waals surface area (Å²) in [6, 6.07) is 15.6. The van der Waals surface area contributed by atoms with Gasteiger partial charge >= 0.3 is 0 Å². The van der Waals surface area contributed by atoms with Gasteiger partial charge in [0.25, 0.3) is 5.69 Å². The molecule has 6 nitrogen and oxygen atoms in total. The largest absolute Gasteiger partial charge is 0.368 e. The molecule has 1 saturated heterocycles. The normalized spacial score (nSPS) is 14.3. The molecule has 28 heavy (non-hydrogen) atoms. The lowest BCUT2D eigenvalue weighted by Crippen LogP contribution is -2.45. The van der Waals surface area contributed by atoms with Gasteiger partial charge in [0.1, 0.15) is 5.52 Å². The van der Waals surface area contributed by atoms with E-state index in [4.69, 9.17) is 0 Å². The molecule has 0 N–H and O–H groups in total. The first-order valence-corrected chi connectivity index (χ1v) is 9.32. The molecule has 0 radical (unpaired) electrons. The van der Waals surface area contributed by atoms with Crippen molar-refractivity contribution in [1.29, 1.82) is 0 Å². The predicted molar refractivity (Wildman–Crippen MR) is 112 cm³/mol. The fraction of sp³-hybridized carbons (Fsp3) is 0.227. The van der Waals surface area contributed by atoms with Crippen LogP contribution in [-0.4, -0.2) is 41.0 Å².